The number of hydrogen-bond acceptors (Lipinski definition) is 4. The number of aliphatic hydroxyl groups excluding tert-OH is 1. The highest BCUT2D eigenvalue weighted by molar-refractivity contribution is 9.10. The number of sulfone groups is 1. The average molecular weight is 334 g/mol. The van der Waals surface area contributed by atoms with Gasteiger partial charge in [-0.05, 0) is 24.6 Å². The fourth-order valence-corrected chi connectivity index (χ4v) is 4.35. The third kappa shape index (κ3) is 3.32. The lowest BCUT2D eigenvalue weighted by molar-refractivity contribution is 0.160. The maximum absolute atomic E-state index is 11.4. The van der Waals surface area contributed by atoms with E-state index in [0.717, 1.165) is 10.0 Å². The number of aliphatic hydroxyl groups is 1. The molecule has 1 fully saturated rings. The summed E-state index contributed by atoms with van der Waals surface area (Å²) in [6.07, 6.45) is -0.815. The van der Waals surface area contributed by atoms with Crippen molar-refractivity contribution in [2.75, 3.05) is 11.5 Å². The van der Waals surface area contributed by atoms with E-state index in [1.165, 1.54) is 0 Å². The van der Waals surface area contributed by atoms with Gasteiger partial charge in [0.05, 0.1) is 17.6 Å². The van der Waals surface area contributed by atoms with Gasteiger partial charge in [-0.1, -0.05) is 28.1 Å². The first-order chi connectivity index (χ1) is 8.37. The lowest BCUT2D eigenvalue weighted by Crippen LogP contribution is -2.40. The van der Waals surface area contributed by atoms with E-state index < -0.39 is 15.9 Å². The summed E-state index contributed by atoms with van der Waals surface area (Å²) in [6, 6.07) is 7.43. The van der Waals surface area contributed by atoms with Crippen LogP contribution in [0.1, 0.15) is 18.5 Å². The van der Waals surface area contributed by atoms with Crippen molar-refractivity contribution in [1.29, 1.82) is 0 Å². The lowest BCUT2D eigenvalue weighted by atomic mass is 10.1. The Labute approximate surface area is 115 Å². The summed E-state index contributed by atoms with van der Waals surface area (Å²) in [6.45, 7) is 1.96. The Morgan fingerprint density at radius 1 is 1.44 bits per heavy atom. The third-order valence-corrected chi connectivity index (χ3v) is 5.35. The van der Waals surface area contributed by atoms with Gasteiger partial charge in [-0.25, -0.2) is 8.42 Å². The van der Waals surface area contributed by atoms with Gasteiger partial charge < -0.3 is 10.4 Å². The topological polar surface area (TPSA) is 66.4 Å². The van der Waals surface area contributed by atoms with Crippen LogP contribution in [0.3, 0.4) is 0 Å². The van der Waals surface area contributed by atoms with Gasteiger partial charge in [0.25, 0.3) is 0 Å². The molecule has 2 unspecified atom stereocenters. The van der Waals surface area contributed by atoms with E-state index in [2.05, 4.69) is 21.2 Å². The van der Waals surface area contributed by atoms with Gasteiger partial charge in [-0.3, -0.25) is 0 Å². The predicted molar refractivity (Wildman–Crippen MR) is 74.1 cm³/mol. The summed E-state index contributed by atoms with van der Waals surface area (Å²) in [4.78, 5) is 0. The molecule has 0 aromatic heterocycles. The molecule has 0 saturated carbocycles. The van der Waals surface area contributed by atoms with Crippen molar-refractivity contribution in [1.82, 2.24) is 5.32 Å². The molecule has 1 saturated heterocycles. The van der Waals surface area contributed by atoms with Crippen molar-refractivity contribution in [2.24, 2.45) is 0 Å². The Kier molecular flexibility index (Phi) is 4.11. The summed E-state index contributed by atoms with van der Waals surface area (Å²) < 4.78 is 23.8. The molecular formula is C12H16BrNO3S. The second-order valence-electron chi connectivity index (χ2n) is 4.69. The number of halogens is 1. The molecule has 1 aliphatic heterocycles. The Hall–Kier alpha value is -0.430. The Morgan fingerprint density at radius 2 is 2.17 bits per heavy atom. The molecule has 0 amide bonds. The standard InChI is InChI=1S/C12H16BrNO3S/c1-8(9-3-2-4-10(13)5-9)14-11-6-18(16,17)7-12(11)15/h2-5,8,11-12,14-15H,6-7H2,1H3/t8-,11?,12?/m0/s1. The zero-order chi connectivity index (χ0) is 13.3. The molecule has 1 aliphatic rings. The van der Waals surface area contributed by atoms with Gasteiger partial charge in [-0.15, -0.1) is 0 Å². The van der Waals surface area contributed by atoms with Crippen LogP contribution in [0.15, 0.2) is 28.7 Å². The van der Waals surface area contributed by atoms with Crippen molar-refractivity contribution in [2.45, 2.75) is 25.1 Å². The van der Waals surface area contributed by atoms with Crippen LogP contribution < -0.4 is 5.32 Å². The largest absolute Gasteiger partial charge is 0.390 e. The fraction of sp³-hybridized carbons (Fsp3) is 0.500. The van der Waals surface area contributed by atoms with Crippen molar-refractivity contribution in [3.63, 3.8) is 0 Å². The van der Waals surface area contributed by atoms with Crippen molar-refractivity contribution in [3.05, 3.63) is 34.3 Å². The molecule has 0 spiro atoms. The van der Waals surface area contributed by atoms with Gasteiger partial charge in [0.2, 0.25) is 0 Å². The summed E-state index contributed by atoms with van der Waals surface area (Å²) in [7, 11) is -3.10. The highest BCUT2D eigenvalue weighted by Gasteiger charge is 2.36. The molecule has 18 heavy (non-hydrogen) atoms. The Morgan fingerprint density at radius 3 is 2.72 bits per heavy atom. The highest BCUT2D eigenvalue weighted by atomic mass is 79.9. The van der Waals surface area contributed by atoms with E-state index in [1.54, 1.807) is 0 Å². The molecule has 100 valence electrons. The van der Waals surface area contributed by atoms with Crippen LogP contribution in [0.4, 0.5) is 0 Å². The van der Waals surface area contributed by atoms with Crippen LogP contribution in [-0.2, 0) is 9.84 Å². The minimum absolute atomic E-state index is 0.00421. The molecular weight excluding hydrogens is 318 g/mol. The summed E-state index contributed by atoms with van der Waals surface area (Å²) in [5.74, 6) is -0.137. The lowest BCUT2D eigenvalue weighted by Gasteiger charge is -2.21. The number of benzene rings is 1. The maximum Gasteiger partial charge on any atom is 0.154 e. The SMILES string of the molecule is C[C@H](NC1CS(=O)(=O)CC1O)c1cccc(Br)c1. The molecule has 2 N–H and O–H groups in total. The number of nitrogens with one attached hydrogen (secondary N) is 1. The molecule has 4 nitrogen and oxygen atoms in total. The van der Waals surface area contributed by atoms with Gasteiger partial charge >= 0.3 is 0 Å². The maximum atomic E-state index is 11.4. The zero-order valence-corrected chi connectivity index (χ0v) is 12.4. The minimum Gasteiger partial charge on any atom is -0.390 e. The quantitative estimate of drug-likeness (QED) is 0.873. The normalized spacial score (nSPS) is 28.2. The molecule has 1 heterocycles. The van der Waals surface area contributed by atoms with E-state index in [9.17, 15) is 13.5 Å². The summed E-state index contributed by atoms with van der Waals surface area (Å²) in [5.41, 5.74) is 1.06. The third-order valence-electron chi connectivity index (χ3n) is 3.14. The number of rotatable bonds is 3. The molecule has 2 rings (SSSR count). The van der Waals surface area contributed by atoms with Crippen LogP contribution in [0.5, 0.6) is 0 Å². The molecule has 0 radical (unpaired) electrons. The zero-order valence-electron chi connectivity index (χ0n) is 10.0. The number of hydrogen-bond donors (Lipinski definition) is 2. The van der Waals surface area contributed by atoms with Crippen LogP contribution in [0, 0.1) is 0 Å². The van der Waals surface area contributed by atoms with Gasteiger partial charge in [0.1, 0.15) is 0 Å². The van der Waals surface area contributed by atoms with Crippen molar-refractivity contribution in [3.8, 4) is 0 Å². The second-order valence-corrected chi connectivity index (χ2v) is 7.76. The minimum atomic E-state index is -3.10. The Bertz CT molecular complexity index is 532. The average Bonchev–Trinajstić information content (AvgIpc) is 2.51. The first-order valence-corrected chi connectivity index (χ1v) is 8.39. The van der Waals surface area contributed by atoms with Crippen LogP contribution in [-0.4, -0.2) is 37.2 Å². The molecule has 3 atom stereocenters. The van der Waals surface area contributed by atoms with E-state index in [1.807, 2.05) is 31.2 Å². The van der Waals surface area contributed by atoms with Crippen LogP contribution in [0.2, 0.25) is 0 Å². The first kappa shape index (κ1) is 14.0. The van der Waals surface area contributed by atoms with Gasteiger partial charge in [-0.2, -0.15) is 0 Å². The van der Waals surface area contributed by atoms with E-state index >= 15 is 0 Å². The van der Waals surface area contributed by atoms with E-state index in [-0.39, 0.29) is 23.6 Å². The summed E-state index contributed by atoms with van der Waals surface area (Å²) >= 11 is 3.40. The summed E-state index contributed by atoms with van der Waals surface area (Å²) in [5, 5.41) is 12.9. The van der Waals surface area contributed by atoms with Crippen LogP contribution in [0.25, 0.3) is 0 Å². The van der Waals surface area contributed by atoms with Crippen LogP contribution >= 0.6 is 15.9 Å². The van der Waals surface area contributed by atoms with Gasteiger partial charge in [0.15, 0.2) is 9.84 Å². The first-order valence-electron chi connectivity index (χ1n) is 5.77. The molecule has 1 aromatic carbocycles. The van der Waals surface area contributed by atoms with Crippen molar-refractivity contribution >= 4 is 25.8 Å². The monoisotopic (exact) mass is 333 g/mol. The smallest absolute Gasteiger partial charge is 0.154 e. The molecule has 0 aliphatic carbocycles. The molecule has 1 aromatic rings. The Balaban J connectivity index is 2.06. The van der Waals surface area contributed by atoms with Crippen molar-refractivity contribution < 1.29 is 13.5 Å². The van der Waals surface area contributed by atoms with E-state index in [0.29, 0.717) is 0 Å². The highest BCUT2D eigenvalue weighted by Crippen LogP contribution is 2.21. The fourth-order valence-electron chi connectivity index (χ4n) is 2.18. The molecule has 0 bridgehead atoms. The van der Waals surface area contributed by atoms with Gasteiger partial charge in [0, 0.05) is 16.6 Å². The molecule has 6 heteroatoms. The second kappa shape index (κ2) is 5.28. The van der Waals surface area contributed by atoms with E-state index in [4.69, 9.17) is 0 Å². The predicted octanol–water partition coefficient (Wildman–Crippen LogP) is 1.26.